The van der Waals surface area contributed by atoms with Gasteiger partial charge in [0.05, 0.1) is 6.04 Å². The van der Waals surface area contributed by atoms with Crippen LogP contribution in [0.1, 0.15) is 26.7 Å². The largest absolute Gasteiger partial charge is 0.369 e. The fourth-order valence-electron chi connectivity index (χ4n) is 1.71. The van der Waals surface area contributed by atoms with Crippen molar-refractivity contribution >= 4 is 18.1 Å². The Morgan fingerprint density at radius 2 is 2.21 bits per heavy atom. The van der Waals surface area contributed by atoms with Crippen molar-refractivity contribution in [3.63, 3.8) is 0 Å². The average molecular weight is 264 g/mol. The van der Waals surface area contributed by atoms with Gasteiger partial charge in [-0.2, -0.15) is 0 Å². The molecule has 0 amide bonds. The molecule has 0 heterocycles. The number of likely N-dealkylation sites (N-methyl/N-ethyl adjacent to an activating group) is 1. The van der Waals surface area contributed by atoms with Gasteiger partial charge in [-0.05, 0) is 39.7 Å². The molecule has 0 spiro atoms. The zero-order valence-corrected chi connectivity index (χ0v) is 11.9. The third-order valence-corrected chi connectivity index (χ3v) is 3.12. The van der Waals surface area contributed by atoms with Gasteiger partial charge in [-0.15, -0.1) is 0 Å². The van der Waals surface area contributed by atoms with Crippen molar-refractivity contribution in [2.45, 2.75) is 32.7 Å². The van der Waals surface area contributed by atoms with E-state index in [1.165, 1.54) is 12.8 Å². The maximum Gasteiger partial charge on any atom is 0.198 e. The number of rotatable bonds is 6. The third kappa shape index (κ3) is 5.65. The minimum absolute atomic E-state index is 0.0709. The maximum atomic E-state index is 7.14. The second kappa shape index (κ2) is 7.68. The van der Waals surface area contributed by atoms with E-state index in [9.17, 15) is 0 Å². The van der Waals surface area contributed by atoms with Crippen LogP contribution in [0.4, 0.5) is 0 Å². The molecule has 0 aromatic heterocycles. The molecule has 0 aliphatic heterocycles. The van der Waals surface area contributed by atoms with Gasteiger partial charge in [0.2, 0.25) is 0 Å². The van der Waals surface area contributed by atoms with Crippen LogP contribution in [0.3, 0.4) is 0 Å². The lowest BCUT2D eigenvalue weighted by Gasteiger charge is -2.26. The summed E-state index contributed by atoms with van der Waals surface area (Å²) in [4.78, 5) is 10.3. The van der Waals surface area contributed by atoms with Crippen LogP contribution < -0.4 is 11.1 Å². The van der Waals surface area contributed by atoms with E-state index in [0.717, 1.165) is 18.8 Å². The van der Waals surface area contributed by atoms with Crippen LogP contribution in [-0.4, -0.2) is 42.7 Å². The van der Waals surface area contributed by atoms with E-state index in [4.69, 9.17) is 11.1 Å². The molecule has 1 atom stereocenters. The number of hydrogen-bond donors (Lipinski definition) is 3. The maximum absolute atomic E-state index is 7.14. The molecule has 1 saturated carbocycles. The molecule has 6 nitrogen and oxygen atoms in total. The predicted molar refractivity (Wildman–Crippen MR) is 80.6 cm³/mol. The summed E-state index contributed by atoms with van der Waals surface area (Å²) in [5.74, 6) is 1.73. The van der Waals surface area contributed by atoms with E-state index >= 15 is 0 Å². The van der Waals surface area contributed by atoms with Crippen LogP contribution in [0, 0.1) is 11.3 Å². The smallest absolute Gasteiger partial charge is 0.198 e. The highest BCUT2D eigenvalue weighted by Gasteiger charge is 2.26. The van der Waals surface area contributed by atoms with E-state index in [-0.39, 0.29) is 12.0 Å². The zero-order chi connectivity index (χ0) is 14.3. The fraction of sp³-hybridized carbons (Fsp3) is 0.615. The lowest BCUT2D eigenvalue weighted by molar-refractivity contribution is 0.296. The Morgan fingerprint density at radius 3 is 2.74 bits per heavy atom. The molecule has 0 saturated heterocycles. The molecular weight excluding hydrogens is 240 g/mol. The summed E-state index contributed by atoms with van der Waals surface area (Å²) < 4.78 is 0. The summed E-state index contributed by atoms with van der Waals surface area (Å²) in [6, 6.07) is 0.0709. The van der Waals surface area contributed by atoms with E-state index in [0.29, 0.717) is 5.84 Å². The standard InChI is InChI=1S/C13H24N6/c1-4-7-16-13(15)18-12(17-9-14)10(2)19(3)8-11-5-6-11/h4,7,9-11H,5-6,8H2,1-3H3,(H4,14,15,16,17,18)/b7-4-. The van der Waals surface area contributed by atoms with Gasteiger partial charge in [0.1, 0.15) is 12.2 Å². The molecule has 1 aliphatic rings. The average Bonchev–Trinajstić information content (AvgIpc) is 3.18. The van der Waals surface area contributed by atoms with Gasteiger partial charge in [-0.25, -0.2) is 9.98 Å². The second-order valence-electron chi connectivity index (χ2n) is 4.82. The Kier molecular flexibility index (Phi) is 6.21. The van der Waals surface area contributed by atoms with Crippen LogP contribution in [0.5, 0.6) is 0 Å². The van der Waals surface area contributed by atoms with Gasteiger partial charge in [0.25, 0.3) is 0 Å². The minimum Gasteiger partial charge on any atom is -0.369 e. The lowest BCUT2D eigenvalue weighted by atomic mass is 10.2. The Labute approximate surface area is 115 Å². The molecular formula is C13H24N6. The van der Waals surface area contributed by atoms with Crippen molar-refractivity contribution in [1.29, 1.82) is 5.41 Å². The summed E-state index contributed by atoms with van der Waals surface area (Å²) in [6.45, 7) is 4.96. The van der Waals surface area contributed by atoms with Crippen molar-refractivity contribution in [3.05, 3.63) is 12.3 Å². The molecule has 1 rings (SSSR count). The van der Waals surface area contributed by atoms with Gasteiger partial charge >= 0.3 is 0 Å². The van der Waals surface area contributed by atoms with Crippen LogP contribution in [-0.2, 0) is 0 Å². The molecule has 0 bridgehead atoms. The molecule has 4 N–H and O–H groups in total. The first-order valence-corrected chi connectivity index (χ1v) is 6.56. The summed E-state index contributed by atoms with van der Waals surface area (Å²) in [5.41, 5.74) is 5.76. The van der Waals surface area contributed by atoms with Crippen molar-refractivity contribution in [3.8, 4) is 0 Å². The number of allylic oxidation sites excluding steroid dienone is 1. The number of hydrogen-bond acceptors (Lipinski definition) is 3. The van der Waals surface area contributed by atoms with E-state index in [2.05, 4.69) is 27.2 Å². The molecule has 106 valence electrons. The number of nitrogens with zero attached hydrogens (tertiary/aromatic N) is 3. The van der Waals surface area contributed by atoms with Gasteiger partial charge < -0.3 is 11.1 Å². The number of guanidine groups is 1. The van der Waals surface area contributed by atoms with E-state index in [1.54, 1.807) is 12.3 Å². The summed E-state index contributed by atoms with van der Waals surface area (Å²) in [6.07, 6.45) is 7.05. The molecule has 19 heavy (non-hydrogen) atoms. The molecule has 0 radical (unpaired) electrons. The SMILES string of the molecule is C/C=C\N=C(/N)N/C(=N\C=N)C(C)N(C)CC1CC1. The highest BCUT2D eigenvalue weighted by atomic mass is 15.2. The van der Waals surface area contributed by atoms with Crippen LogP contribution in [0.15, 0.2) is 22.3 Å². The summed E-state index contributed by atoms with van der Waals surface area (Å²) >= 11 is 0. The van der Waals surface area contributed by atoms with Gasteiger partial charge in [-0.1, -0.05) is 6.08 Å². The fourth-order valence-corrected chi connectivity index (χ4v) is 1.71. The quantitative estimate of drug-likeness (QED) is 0.497. The van der Waals surface area contributed by atoms with Crippen LogP contribution in [0.2, 0.25) is 0 Å². The molecule has 0 aromatic carbocycles. The number of nitrogens with one attached hydrogen (secondary N) is 2. The van der Waals surface area contributed by atoms with E-state index < -0.39 is 0 Å². The normalized spacial score (nSPS) is 18.9. The summed E-state index contributed by atoms with van der Waals surface area (Å²) in [7, 11) is 2.06. The van der Waals surface area contributed by atoms with Crippen molar-refractivity contribution in [2.24, 2.45) is 21.6 Å². The Hall–Kier alpha value is -1.69. The number of nitrogens with two attached hydrogens (primary N) is 1. The molecule has 0 aromatic rings. The van der Waals surface area contributed by atoms with Crippen molar-refractivity contribution in [1.82, 2.24) is 10.2 Å². The van der Waals surface area contributed by atoms with Crippen LogP contribution >= 0.6 is 0 Å². The highest BCUT2D eigenvalue weighted by Crippen LogP contribution is 2.29. The minimum atomic E-state index is 0.0709. The second-order valence-corrected chi connectivity index (χ2v) is 4.82. The zero-order valence-electron chi connectivity index (χ0n) is 11.9. The topological polar surface area (TPSA) is 89.9 Å². The lowest BCUT2D eigenvalue weighted by Crippen LogP contribution is -2.48. The Morgan fingerprint density at radius 1 is 1.53 bits per heavy atom. The predicted octanol–water partition coefficient (Wildman–Crippen LogP) is 1.16. The van der Waals surface area contributed by atoms with E-state index in [1.807, 2.05) is 13.8 Å². The van der Waals surface area contributed by atoms with Crippen LogP contribution in [0.25, 0.3) is 0 Å². The highest BCUT2D eigenvalue weighted by molar-refractivity contribution is 6.03. The Balaban J connectivity index is 2.64. The first-order valence-electron chi connectivity index (χ1n) is 6.56. The first kappa shape index (κ1) is 15.4. The van der Waals surface area contributed by atoms with Gasteiger partial charge in [0.15, 0.2) is 5.96 Å². The first-order chi connectivity index (χ1) is 9.08. The van der Waals surface area contributed by atoms with Crippen molar-refractivity contribution in [2.75, 3.05) is 13.6 Å². The Bertz CT molecular complexity index is 381. The monoisotopic (exact) mass is 264 g/mol. The van der Waals surface area contributed by atoms with Gasteiger partial charge in [0, 0.05) is 12.7 Å². The molecule has 6 heteroatoms. The number of amidine groups is 1. The summed E-state index contributed by atoms with van der Waals surface area (Å²) in [5, 5.41) is 10.1. The molecule has 1 aliphatic carbocycles. The molecule has 1 unspecified atom stereocenters. The van der Waals surface area contributed by atoms with Crippen molar-refractivity contribution < 1.29 is 0 Å². The number of aliphatic imine (C=N–C) groups is 2. The third-order valence-electron chi connectivity index (χ3n) is 3.12. The molecule has 1 fully saturated rings. The van der Waals surface area contributed by atoms with Gasteiger partial charge in [-0.3, -0.25) is 10.3 Å².